The second-order valence-corrected chi connectivity index (χ2v) is 4.49. The minimum atomic E-state index is 0.400. The second-order valence-electron chi connectivity index (χ2n) is 4.08. The molecule has 0 unspecified atom stereocenters. The summed E-state index contributed by atoms with van der Waals surface area (Å²) >= 11 is 5.98. The van der Waals surface area contributed by atoms with E-state index in [2.05, 4.69) is 15.6 Å². The molecule has 1 fully saturated rings. The molecule has 17 heavy (non-hydrogen) atoms. The molecular weight excluding hydrogens is 238 g/mol. The Balaban J connectivity index is 1.64. The molecule has 0 atom stereocenters. The monoisotopic (exact) mass is 255 g/mol. The molecule has 0 saturated carbocycles. The summed E-state index contributed by atoms with van der Waals surface area (Å²) in [5.41, 5.74) is 0. The van der Waals surface area contributed by atoms with Gasteiger partial charge in [-0.1, -0.05) is 11.6 Å². The number of nitrogens with one attached hydrogen (secondary N) is 2. The Labute approximate surface area is 107 Å². The summed E-state index contributed by atoms with van der Waals surface area (Å²) in [5, 5.41) is 7.13. The van der Waals surface area contributed by atoms with Gasteiger partial charge in [0.25, 0.3) is 0 Å². The number of pyridine rings is 1. The summed E-state index contributed by atoms with van der Waals surface area (Å²) in [5.74, 6) is 0.725. The molecule has 0 bridgehead atoms. The summed E-state index contributed by atoms with van der Waals surface area (Å²) in [6.07, 6.45) is 4.33. The lowest BCUT2D eigenvalue weighted by Gasteiger charge is -2.23. The van der Waals surface area contributed by atoms with Crippen LogP contribution < -0.4 is 10.6 Å². The van der Waals surface area contributed by atoms with Gasteiger partial charge in [0.15, 0.2) is 0 Å². The molecule has 1 aromatic rings. The van der Waals surface area contributed by atoms with Crippen LogP contribution in [0.3, 0.4) is 0 Å². The third-order valence-electron chi connectivity index (χ3n) is 2.79. The molecule has 2 rings (SSSR count). The SMILES string of the molecule is Clc1cccnc1NCCOC1CCNCC1. The molecule has 1 saturated heterocycles. The van der Waals surface area contributed by atoms with E-state index in [1.165, 1.54) is 0 Å². The van der Waals surface area contributed by atoms with Crippen LogP contribution >= 0.6 is 11.6 Å². The maximum Gasteiger partial charge on any atom is 0.144 e. The van der Waals surface area contributed by atoms with E-state index in [-0.39, 0.29) is 0 Å². The lowest BCUT2D eigenvalue weighted by Crippen LogP contribution is -2.33. The van der Waals surface area contributed by atoms with Crippen LogP contribution in [0.15, 0.2) is 18.3 Å². The van der Waals surface area contributed by atoms with Crippen molar-refractivity contribution in [3.8, 4) is 0 Å². The summed E-state index contributed by atoms with van der Waals surface area (Å²) in [7, 11) is 0. The Morgan fingerprint density at radius 2 is 2.29 bits per heavy atom. The van der Waals surface area contributed by atoms with Crippen molar-refractivity contribution in [2.24, 2.45) is 0 Å². The fourth-order valence-electron chi connectivity index (χ4n) is 1.87. The van der Waals surface area contributed by atoms with E-state index in [0.717, 1.165) is 38.3 Å². The number of hydrogen-bond donors (Lipinski definition) is 2. The molecular formula is C12H18ClN3O. The van der Waals surface area contributed by atoms with Crippen molar-refractivity contribution in [1.82, 2.24) is 10.3 Å². The van der Waals surface area contributed by atoms with Gasteiger partial charge >= 0.3 is 0 Å². The lowest BCUT2D eigenvalue weighted by atomic mass is 10.1. The van der Waals surface area contributed by atoms with E-state index < -0.39 is 0 Å². The average molecular weight is 256 g/mol. The number of ether oxygens (including phenoxy) is 1. The van der Waals surface area contributed by atoms with Crippen LogP contribution in [0.2, 0.25) is 5.02 Å². The fraction of sp³-hybridized carbons (Fsp3) is 0.583. The second kappa shape index (κ2) is 6.79. The summed E-state index contributed by atoms with van der Waals surface area (Å²) < 4.78 is 5.77. The molecule has 2 N–H and O–H groups in total. The van der Waals surface area contributed by atoms with E-state index in [1.54, 1.807) is 6.20 Å². The van der Waals surface area contributed by atoms with E-state index in [1.807, 2.05) is 12.1 Å². The maximum atomic E-state index is 5.98. The van der Waals surface area contributed by atoms with E-state index in [9.17, 15) is 0 Å². The minimum Gasteiger partial charge on any atom is -0.376 e. The van der Waals surface area contributed by atoms with Crippen molar-refractivity contribution >= 4 is 17.4 Å². The zero-order valence-corrected chi connectivity index (χ0v) is 10.5. The summed E-state index contributed by atoms with van der Waals surface area (Å²) in [4.78, 5) is 4.15. The van der Waals surface area contributed by atoms with Crippen LogP contribution in [0.25, 0.3) is 0 Å². The van der Waals surface area contributed by atoms with Gasteiger partial charge in [-0.25, -0.2) is 4.98 Å². The van der Waals surface area contributed by atoms with Crippen molar-refractivity contribution in [2.45, 2.75) is 18.9 Å². The summed E-state index contributed by atoms with van der Waals surface area (Å²) in [6.45, 7) is 3.55. The smallest absolute Gasteiger partial charge is 0.144 e. The molecule has 2 heterocycles. The highest BCUT2D eigenvalue weighted by Gasteiger charge is 2.12. The van der Waals surface area contributed by atoms with Gasteiger partial charge < -0.3 is 15.4 Å². The third kappa shape index (κ3) is 4.15. The predicted molar refractivity (Wildman–Crippen MR) is 69.6 cm³/mol. The van der Waals surface area contributed by atoms with Gasteiger partial charge in [0.2, 0.25) is 0 Å². The van der Waals surface area contributed by atoms with Gasteiger partial charge in [-0.15, -0.1) is 0 Å². The minimum absolute atomic E-state index is 0.400. The number of anilines is 1. The van der Waals surface area contributed by atoms with Crippen LogP contribution in [-0.4, -0.2) is 37.3 Å². The molecule has 0 spiro atoms. The first-order valence-electron chi connectivity index (χ1n) is 6.03. The fourth-order valence-corrected chi connectivity index (χ4v) is 2.06. The molecule has 0 radical (unpaired) electrons. The van der Waals surface area contributed by atoms with Crippen LogP contribution in [0.5, 0.6) is 0 Å². The first-order chi connectivity index (χ1) is 8.36. The Morgan fingerprint density at radius 1 is 1.47 bits per heavy atom. The van der Waals surface area contributed by atoms with Crippen molar-refractivity contribution in [1.29, 1.82) is 0 Å². The number of hydrogen-bond acceptors (Lipinski definition) is 4. The summed E-state index contributed by atoms with van der Waals surface area (Å²) in [6, 6.07) is 3.64. The molecule has 0 amide bonds. The Bertz CT molecular complexity index is 342. The Kier molecular flexibility index (Phi) is 5.04. The van der Waals surface area contributed by atoms with Gasteiger partial charge in [-0.05, 0) is 38.1 Å². The van der Waals surface area contributed by atoms with E-state index >= 15 is 0 Å². The van der Waals surface area contributed by atoms with Crippen LogP contribution in [0.1, 0.15) is 12.8 Å². The number of nitrogens with zero attached hydrogens (tertiary/aromatic N) is 1. The molecule has 1 aliphatic rings. The largest absolute Gasteiger partial charge is 0.376 e. The lowest BCUT2D eigenvalue weighted by molar-refractivity contribution is 0.0394. The van der Waals surface area contributed by atoms with Crippen LogP contribution in [0, 0.1) is 0 Å². The van der Waals surface area contributed by atoms with Crippen molar-refractivity contribution in [3.05, 3.63) is 23.4 Å². The standard InChI is InChI=1S/C12H18ClN3O/c13-11-2-1-5-15-12(11)16-8-9-17-10-3-6-14-7-4-10/h1-2,5,10,14H,3-4,6-9H2,(H,15,16). The number of rotatable bonds is 5. The first-order valence-corrected chi connectivity index (χ1v) is 6.41. The molecule has 1 aliphatic heterocycles. The van der Waals surface area contributed by atoms with E-state index in [0.29, 0.717) is 17.7 Å². The molecule has 5 heteroatoms. The molecule has 4 nitrogen and oxygen atoms in total. The zero-order chi connectivity index (χ0) is 11.9. The highest BCUT2D eigenvalue weighted by molar-refractivity contribution is 6.32. The molecule has 0 aliphatic carbocycles. The molecule has 1 aromatic heterocycles. The predicted octanol–water partition coefficient (Wildman–Crippen LogP) is 1.92. The molecule has 94 valence electrons. The Morgan fingerprint density at radius 3 is 3.06 bits per heavy atom. The van der Waals surface area contributed by atoms with Gasteiger partial charge in [-0.2, -0.15) is 0 Å². The van der Waals surface area contributed by atoms with Crippen molar-refractivity contribution < 1.29 is 4.74 Å². The van der Waals surface area contributed by atoms with Crippen molar-refractivity contribution in [3.63, 3.8) is 0 Å². The highest BCUT2D eigenvalue weighted by Crippen LogP contribution is 2.16. The first kappa shape index (κ1) is 12.6. The number of piperidine rings is 1. The normalized spacial score (nSPS) is 17.0. The van der Waals surface area contributed by atoms with Crippen molar-refractivity contribution in [2.75, 3.05) is 31.6 Å². The van der Waals surface area contributed by atoms with Crippen LogP contribution in [0.4, 0.5) is 5.82 Å². The number of aromatic nitrogens is 1. The Hall–Kier alpha value is -0.840. The van der Waals surface area contributed by atoms with Crippen LogP contribution in [-0.2, 0) is 4.74 Å². The maximum absolute atomic E-state index is 5.98. The topological polar surface area (TPSA) is 46.2 Å². The highest BCUT2D eigenvalue weighted by atomic mass is 35.5. The number of halogens is 1. The van der Waals surface area contributed by atoms with Gasteiger partial charge in [0.1, 0.15) is 5.82 Å². The van der Waals surface area contributed by atoms with Gasteiger partial charge in [-0.3, -0.25) is 0 Å². The molecule has 0 aromatic carbocycles. The van der Waals surface area contributed by atoms with E-state index in [4.69, 9.17) is 16.3 Å². The zero-order valence-electron chi connectivity index (χ0n) is 9.79. The van der Waals surface area contributed by atoms with Gasteiger partial charge in [0.05, 0.1) is 17.7 Å². The quantitative estimate of drug-likeness (QED) is 0.790. The third-order valence-corrected chi connectivity index (χ3v) is 3.10. The van der Waals surface area contributed by atoms with Gasteiger partial charge in [0, 0.05) is 12.7 Å². The average Bonchev–Trinajstić information content (AvgIpc) is 2.38.